The quantitative estimate of drug-likeness (QED) is 0.122. The summed E-state index contributed by atoms with van der Waals surface area (Å²) in [6.45, 7) is 13.2. The molecule has 2 unspecified atom stereocenters. The maximum atomic E-state index is 4.60. The van der Waals surface area contributed by atoms with Crippen LogP contribution in [-0.4, -0.2) is 85.4 Å². The van der Waals surface area contributed by atoms with E-state index in [2.05, 4.69) is 135 Å². The average molecular weight is 775 g/mol. The van der Waals surface area contributed by atoms with Crippen LogP contribution in [0, 0.1) is 0 Å². The number of rotatable bonds is 14. The van der Waals surface area contributed by atoms with Gasteiger partial charge in [-0.1, -0.05) is 62.9 Å². The fourth-order valence-corrected chi connectivity index (χ4v) is 11.0. The summed E-state index contributed by atoms with van der Waals surface area (Å²) in [5.41, 5.74) is 6.33. The molecule has 2 saturated heterocycles. The van der Waals surface area contributed by atoms with Gasteiger partial charge in [0, 0.05) is 60.6 Å². The third-order valence-corrected chi connectivity index (χ3v) is 14.3. The van der Waals surface area contributed by atoms with Gasteiger partial charge < -0.3 is 19.2 Å². The van der Waals surface area contributed by atoms with E-state index in [1.54, 1.807) is 12.4 Å². The van der Waals surface area contributed by atoms with Crippen LogP contribution in [0.25, 0.3) is 0 Å². The van der Waals surface area contributed by atoms with Gasteiger partial charge in [0.05, 0.1) is 48.2 Å². The van der Waals surface area contributed by atoms with Crippen LogP contribution in [0.4, 0.5) is 22.7 Å². The minimum Gasteiger partial charge on any atom is -0.361 e. The topological polar surface area (TPSA) is 62.8 Å². The van der Waals surface area contributed by atoms with Crippen molar-refractivity contribution in [2.45, 2.75) is 20.5 Å². The lowest BCUT2D eigenvalue weighted by molar-refractivity contribution is 0.518. The fraction of sp³-hybridized carbons (Fsp3) is 0.275. The second kappa shape index (κ2) is 21.8. The van der Waals surface area contributed by atoms with Gasteiger partial charge in [-0.15, -0.1) is 0 Å². The number of benzene rings is 2. The number of aromatic nitrogens is 2. The fourth-order valence-electron chi connectivity index (χ4n) is 5.42. The number of thioether (sulfide) groups is 1. The molecule has 2 atom stereocenters. The Bertz CT molecular complexity index is 1720. The van der Waals surface area contributed by atoms with Gasteiger partial charge in [0.15, 0.2) is 0 Å². The molecular formula is C40H54N8S4. The highest BCUT2D eigenvalue weighted by atomic mass is 32.2. The molecular weight excluding hydrogens is 721 g/mol. The minimum atomic E-state index is -0.248. The van der Waals surface area contributed by atoms with Crippen molar-refractivity contribution in [2.24, 2.45) is 0 Å². The number of para-hydroxylation sites is 2. The van der Waals surface area contributed by atoms with Crippen LogP contribution in [0.5, 0.6) is 0 Å². The number of anilines is 4. The Balaban J connectivity index is 0.000000228. The van der Waals surface area contributed by atoms with Crippen molar-refractivity contribution >= 4 is 84.3 Å². The molecule has 6 rings (SSSR count). The summed E-state index contributed by atoms with van der Waals surface area (Å²) in [5, 5.41) is 6.12. The van der Waals surface area contributed by atoms with Crippen LogP contribution >= 0.6 is 44.0 Å². The highest BCUT2D eigenvalue weighted by Crippen LogP contribution is 2.35. The molecule has 2 aliphatic rings. The molecule has 0 amide bonds. The lowest BCUT2D eigenvalue weighted by Gasteiger charge is -2.37. The molecule has 2 aliphatic heterocycles. The van der Waals surface area contributed by atoms with Crippen LogP contribution in [-0.2, 0) is 13.1 Å². The standard InChI is InChI=1S/C20H26N4S2.C19H24N4S2.CH4/c1-4-21-18-10-11-19(22-16-18)17-24(20-8-6-5-7-9-20)26(3)23-12-14-25(2)15-13-23;1-3-20-17-9-10-18(21-15-17)16-23(19-7-5-4-6-8-19)25(2)22-11-13-24-14-12-22;/h4-11,16,21H,1-3,12-15,17H2;3-10,15,20H,1-2,11-14,16H2;1H4. The molecule has 2 aromatic carbocycles. The lowest BCUT2D eigenvalue weighted by Crippen LogP contribution is -2.34. The van der Waals surface area contributed by atoms with E-state index in [1.807, 2.05) is 42.4 Å². The summed E-state index contributed by atoms with van der Waals surface area (Å²) in [6.07, 6.45) is 7.01. The van der Waals surface area contributed by atoms with Gasteiger partial charge in [0.25, 0.3) is 0 Å². The zero-order valence-electron chi connectivity index (χ0n) is 29.3. The van der Waals surface area contributed by atoms with Gasteiger partial charge in [0.1, 0.15) is 0 Å². The molecule has 0 radical (unpaired) electrons. The van der Waals surface area contributed by atoms with Gasteiger partial charge in [0.2, 0.25) is 0 Å². The van der Waals surface area contributed by atoms with E-state index < -0.39 is 0 Å². The van der Waals surface area contributed by atoms with E-state index in [0.29, 0.717) is 10.5 Å². The van der Waals surface area contributed by atoms with Crippen molar-refractivity contribution in [1.82, 2.24) is 18.6 Å². The smallest absolute Gasteiger partial charge is 0.0724 e. The largest absolute Gasteiger partial charge is 0.361 e. The van der Waals surface area contributed by atoms with E-state index in [-0.39, 0.29) is 29.1 Å². The Kier molecular flexibility index (Phi) is 17.2. The summed E-state index contributed by atoms with van der Waals surface area (Å²) in [7, 11) is -0.160. The van der Waals surface area contributed by atoms with Crippen LogP contribution in [0.1, 0.15) is 18.8 Å². The summed E-state index contributed by atoms with van der Waals surface area (Å²) in [4.78, 5) is 9.19. The Hall–Kier alpha value is -3.65. The van der Waals surface area contributed by atoms with Crippen molar-refractivity contribution in [2.75, 3.05) is 68.4 Å². The predicted molar refractivity (Wildman–Crippen MR) is 242 cm³/mol. The molecule has 2 fully saturated rings. The van der Waals surface area contributed by atoms with Gasteiger partial charge in [-0.3, -0.25) is 9.97 Å². The van der Waals surface area contributed by atoms with Crippen molar-refractivity contribution < 1.29 is 0 Å². The first kappa shape index (κ1) is 41.1. The normalized spacial score (nSPS) is 16.2. The molecule has 278 valence electrons. The Morgan fingerprint density at radius 3 is 1.48 bits per heavy atom. The van der Waals surface area contributed by atoms with Crippen LogP contribution in [0.15, 0.2) is 123 Å². The first-order chi connectivity index (χ1) is 24.9. The van der Waals surface area contributed by atoms with Crippen molar-refractivity contribution in [3.05, 3.63) is 134 Å². The van der Waals surface area contributed by atoms with Crippen LogP contribution in [0.3, 0.4) is 0 Å². The first-order valence-electron chi connectivity index (χ1n) is 16.9. The van der Waals surface area contributed by atoms with Crippen LogP contribution < -0.4 is 19.2 Å². The number of nitrogens with zero attached hydrogens (tertiary/aromatic N) is 6. The summed E-state index contributed by atoms with van der Waals surface area (Å²) < 4.78 is 9.68. The number of hydrogen-bond donors (Lipinski definition) is 2. The molecule has 8 nitrogen and oxygen atoms in total. The van der Waals surface area contributed by atoms with E-state index in [0.717, 1.165) is 62.0 Å². The third kappa shape index (κ3) is 12.2. The number of hydrogen-bond acceptors (Lipinski definition) is 9. The maximum Gasteiger partial charge on any atom is 0.0724 e. The van der Waals surface area contributed by atoms with Gasteiger partial charge in [-0.25, -0.2) is 8.61 Å². The molecule has 12 heteroatoms. The molecule has 2 aromatic heterocycles. The molecule has 2 N–H and O–H groups in total. The SMILES string of the molecule is C.C=CNc1ccc(CN(c2ccccc2)S(=C)N2CCS(=C)CC2)nc1.C=CNc1ccc(CN(c2ccccc2)S(=C)N2CCSCC2)nc1. The minimum absolute atomic E-state index is 0. The van der Waals surface area contributed by atoms with E-state index in [1.165, 1.54) is 34.4 Å². The third-order valence-electron chi connectivity index (χ3n) is 8.22. The molecule has 4 heterocycles. The summed E-state index contributed by atoms with van der Waals surface area (Å²) in [5.74, 6) is 17.9. The number of pyridine rings is 2. The summed E-state index contributed by atoms with van der Waals surface area (Å²) >= 11 is 2.02. The van der Waals surface area contributed by atoms with Crippen molar-refractivity contribution in [3.8, 4) is 0 Å². The maximum absolute atomic E-state index is 4.60. The monoisotopic (exact) mass is 774 g/mol. The molecule has 0 spiro atoms. The van der Waals surface area contributed by atoms with E-state index in [9.17, 15) is 0 Å². The first-order valence-corrected chi connectivity index (χ1v) is 22.4. The number of nitrogens with one attached hydrogen (secondary N) is 2. The molecule has 0 aliphatic carbocycles. The highest BCUT2D eigenvalue weighted by molar-refractivity contribution is 8.15. The van der Waals surface area contributed by atoms with Crippen LogP contribution in [0.2, 0.25) is 0 Å². The Morgan fingerprint density at radius 1 is 0.673 bits per heavy atom. The molecule has 52 heavy (non-hydrogen) atoms. The lowest BCUT2D eigenvalue weighted by atomic mass is 10.3. The molecule has 0 saturated carbocycles. The average Bonchev–Trinajstić information content (AvgIpc) is 3.18. The van der Waals surface area contributed by atoms with Gasteiger partial charge in [-0.05, 0) is 94.4 Å². The van der Waals surface area contributed by atoms with Gasteiger partial charge in [-0.2, -0.15) is 22.2 Å². The second-order valence-corrected chi connectivity index (χ2v) is 18.2. The molecule has 4 aromatic rings. The van der Waals surface area contributed by atoms with Crippen molar-refractivity contribution in [3.63, 3.8) is 0 Å². The molecule has 0 bridgehead atoms. The van der Waals surface area contributed by atoms with E-state index in [4.69, 9.17) is 0 Å². The Morgan fingerprint density at radius 2 is 1.10 bits per heavy atom. The van der Waals surface area contributed by atoms with E-state index >= 15 is 0 Å². The highest BCUT2D eigenvalue weighted by Gasteiger charge is 2.21. The zero-order chi connectivity index (χ0) is 35.8. The second-order valence-electron chi connectivity index (χ2n) is 11.7. The Labute approximate surface area is 324 Å². The summed E-state index contributed by atoms with van der Waals surface area (Å²) in [6, 6.07) is 29.2. The van der Waals surface area contributed by atoms with Crippen molar-refractivity contribution in [1.29, 1.82) is 0 Å². The zero-order valence-corrected chi connectivity index (χ0v) is 32.6. The predicted octanol–water partition coefficient (Wildman–Crippen LogP) is 9.05. The van der Waals surface area contributed by atoms with Gasteiger partial charge >= 0.3 is 0 Å².